The van der Waals surface area contributed by atoms with Crippen LogP contribution in [0.3, 0.4) is 0 Å². The zero-order chi connectivity index (χ0) is 14.9. The average Bonchev–Trinajstić information content (AvgIpc) is 2.47. The fourth-order valence-electron chi connectivity index (χ4n) is 2.54. The van der Waals surface area contributed by atoms with Crippen molar-refractivity contribution in [2.75, 3.05) is 13.1 Å². The number of amides is 1. The maximum atomic E-state index is 12.2. The summed E-state index contributed by atoms with van der Waals surface area (Å²) in [6.07, 6.45) is 0.528. The predicted molar refractivity (Wildman–Crippen MR) is 78.0 cm³/mol. The zero-order valence-corrected chi connectivity index (χ0v) is 12.6. The molecule has 0 spiro atoms. The van der Waals surface area contributed by atoms with Gasteiger partial charge in [0.25, 0.3) is 0 Å². The highest BCUT2D eigenvalue weighted by Crippen LogP contribution is 2.29. The number of fused-ring (bicyclic) bond motifs is 1. The number of carbonyl (C=O) groups excluding carboxylic acids is 1. The summed E-state index contributed by atoms with van der Waals surface area (Å²) in [6.45, 7) is 8.96. The highest BCUT2D eigenvalue weighted by Gasteiger charge is 2.27. The van der Waals surface area contributed by atoms with Crippen LogP contribution < -0.4 is 0 Å². The van der Waals surface area contributed by atoms with E-state index < -0.39 is 5.60 Å². The van der Waals surface area contributed by atoms with E-state index in [9.17, 15) is 9.90 Å². The summed E-state index contributed by atoms with van der Waals surface area (Å²) in [5, 5.41) is 9.62. The quantitative estimate of drug-likeness (QED) is 0.791. The molecule has 1 amide bonds. The Bertz CT molecular complexity index is 505. The maximum Gasteiger partial charge on any atom is 0.410 e. The van der Waals surface area contributed by atoms with Crippen LogP contribution in [-0.2, 0) is 11.2 Å². The lowest BCUT2D eigenvalue weighted by Crippen LogP contribution is -2.38. The third-order valence-corrected chi connectivity index (χ3v) is 3.46. The molecule has 20 heavy (non-hydrogen) atoms. The minimum atomic E-state index is -0.474. The fraction of sp³-hybridized carbons (Fsp3) is 0.562. The molecule has 1 aliphatic rings. The van der Waals surface area contributed by atoms with E-state index in [2.05, 4.69) is 6.92 Å². The molecule has 1 N–H and O–H groups in total. The van der Waals surface area contributed by atoms with Crippen molar-refractivity contribution >= 4 is 6.09 Å². The molecule has 1 atom stereocenters. The Morgan fingerprint density at radius 3 is 2.75 bits per heavy atom. The Hall–Kier alpha value is -1.71. The molecule has 1 aromatic carbocycles. The lowest BCUT2D eigenvalue weighted by atomic mass is 9.95. The molecular formula is C16H23NO3. The van der Waals surface area contributed by atoms with Crippen molar-refractivity contribution in [2.45, 2.75) is 45.6 Å². The molecule has 0 saturated carbocycles. The van der Waals surface area contributed by atoms with Crippen LogP contribution in [0.2, 0.25) is 0 Å². The lowest BCUT2D eigenvalue weighted by Gasteiger charge is -2.27. The minimum absolute atomic E-state index is 0.187. The Kier molecular flexibility index (Phi) is 3.93. The average molecular weight is 277 g/mol. The van der Waals surface area contributed by atoms with Crippen LogP contribution in [-0.4, -0.2) is 34.8 Å². The molecule has 1 heterocycles. The lowest BCUT2D eigenvalue weighted by molar-refractivity contribution is 0.0248. The number of hydrogen-bond acceptors (Lipinski definition) is 3. The van der Waals surface area contributed by atoms with Gasteiger partial charge in [-0.25, -0.2) is 4.79 Å². The number of benzene rings is 1. The highest BCUT2D eigenvalue weighted by atomic mass is 16.6. The van der Waals surface area contributed by atoms with E-state index in [0.717, 1.165) is 12.0 Å². The van der Waals surface area contributed by atoms with Gasteiger partial charge in [-0.15, -0.1) is 0 Å². The van der Waals surface area contributed by atoms with Gasteiger partial charge in [0.05, 0.1) is 0 Å². The second-order valence-electron chi connectivity index (χ2n) is 6.46. The van der Waals surface area contributed by atoms with Crippen LogP contribution >= 0.6 is 0 Å². The molecule has 1 aromatic rings. The third kappa shape index (κ3) is 3.44. The first-order chi connectivity index (χ1) is 9.26. The summed E-state index contributed by atoms with van der Waals surface area (Å²) in [5.74, 6) is 0.466. The number of phenols is 1. The molecule has 0 bridgehead atoms. The van der Waals surface area contributed by atoms with Gasteiger partial charge in [0.2, 0.25) is 0 Å². The summed E-state index contributed by atoms with van der Waals surface area (Å²) < 4.78 is 5.44. The first-order valence-electron chi connectivity index (χ1n) is 7.06. The monoisotopic (exact) mass is 277 g/mol. The van der Waals surface area contributed by atoms with Gasteiger partial charge < -0.3 is 14.7 Å². The zero-order valence-electron chi connectivity index (χ0n) is 12.6. The highest BCUT2D eigenvalue weighted by molar-refractivity contribution is 5.68. The number of carbonyl (C=O) groups is 1. The summed E-state index contributed by atoms with van der Waals surface area (Å²) in [7, 11) is 0. The van der Waals surface area contributed by atoms with Crippen LogP contribution in [0.1, 0.15) is 44.7 Å². The van der Waals surface area contributed by atoms with Crippen LogP contribution in [0.5, 0.6) is 5.75 Å². The second-order valence-corrected chi connectivity index (χ2v) is 6.46. The number of nitrogens with zero attached hydrogens (tertiary/aromatic N) is 1. The van der Waals surface area contributed by atoms with E-state index in [1.807, 2.05) is 26.8 Å². The summed E-state index contributed by atoms with van der Waals surface area (Å²) >= 11 is 0. The molecule has 0 saturated heterocycles. The Morgan fingerprint density at radius 2 is 2.10 bits per heavy atom. The van der Waals surface area contributed by atoms with E-state index >= 15 is 0 Å². The Balaban J connectivity index is 2.15. The molecule has 0 aliphatic carbocycles. The first kappa shape index (κ1) is 14.7. The topological polar surface area (TPSA) is 49.8 Å². The van der Waals surface area contributed by atoms with E-state index in [1.54, 1.807) is 17.0 Å². The van der Waals surface area contributed by atoms with Crippen molar-refractivity contribution in [1.29, 1.82) is 0 Å². The summed E-state index contributed by atoms with van der Waals surface area (Å²) in [4.78, 5) is 13.9. The Labute approximate surface area is 120 Å². The molecule has 1 unspecified atom stereocenters. The SMILES string of the molecule is CC1CN(C(=O)OC(C)(C)C)CCc2ccc(O)cc21. The maximum absolute atomic E-state index is 12.2. The molecule has 110 valence electrons. The number of phenolic OH excluding ortho intramolecular Hbond substituents is 1. The van der Waals surface area contributed by atoms with Crippen molar-refractivity contribution in [3.63, 3.8) is 0 Å². The van der Waals surface area contributed by atoms with Gasteiger partial charge in [-0.3, -0.25) is 0 Å². The number of ether oxygens (including phenoxy) is 1. The number of aromatic hydroxyl groups is 1. The summed E-state index contributed by atoms with van der Waals surface area (Å²) in [6, 6.07) is 5.45. The minimum Gasteiger partial charge on any atom is -0.508 e. The number of rotatable bonds is 0. The van der Waals surface area contributed by atoms with Gasteiger partial charge >= 0.3 is 6.09 Å². The van der Waals surface area contributed by atoms with E-state index in [1.165, 1.54) is 5.56 Å². The first-order valence-corrected chi connectivity index (χ1v) is 7.06. The van der Waals surface area contributed by atoms with Gasteiger partial charge in [-0.2, -0.15) is 0 Å². The molecule has 4 nitrogen and oxygen atoms in total. The smallest absolute Gasteiger partial charge is 0.410 e. The van der Waals surface area contributed by atoms with Crippen molar-refractivity contribution in [2.24, 2.45) is 0 Å². The van der Waals surface area contributed by atoms with Crippen LogP contribution in [0.25, 0.3) is 0 Å². The molecule has 1 aliphatic heterocycles. The van der Waals surface area contributed by atoms with Crippen molar-refractivity contribution < 1.29 is 14.6 Å². The molecular weight excluding hydrogens is 254 g/mol. The van der Waals surface area contributed by atoms with Crippen molar-refractivity contribution in [1.82, 2.24) is 4.90 Å². The van der Waals surface area contributed by atoms with Crippen molar-refractivity contribution in [3.8, 4) is 5.75 Å². The van der Waals surface area contributed by atoms with E-state index in [-0.39, 0.29) is 17.8 Å². The molecule has 0 fully saturated rings. The molecule has 0 radical (unpaired) electrons. The van der Waals surface area contributed by atoms with Crippen molar-refractivity contribution in [3.05, 3.63) is 29.3 Å². The van der Waals surface area contributed by atoms with Gasteiger partial charge in [0.1, 0.15) is 11.4 Å². The fourth-order valence-corrected chi connectivity index (χ4v) is 2.54. The van der Waals surface area contributed by atoms with Crippen LogP contribution in [0.4, 0.5) is 4.79 Å². The van der Waals surface area contributed by atoms with E-state index in [4.69, 9.17) is 4.74 Å². The molecule has 0 aromatic heterocycles. The van der Waals surface area contributed by atoms with Crippen LogP contribution in [0, 0.1) is 0 Å². The third-order valence-electron chi connectivity index (χ3n) is 3.46. The Morgan fingerprint density at radius 1 is 1.40 bits per heavy atom. The normalized spacial score (nSPS) is 19.2. The van der Waals surface area contributed by atoms with Gasteiger partial charge in [-0.1, -0.05) is 13.0 Å². The van der Waals surface area contributed by atoms with Gasteiger partial charge in [-0.05, 0) is 56.4 Å². The second kappa shape index (κ2) is 5.35. The van der Waals surface area contributed by atoms with Gasteiger partial charge in [0, 0.05) is 13.1 Å². The van der Waals surface area contributed by atoms with E-state index in [0.29, 0.717) is 13.1 Å². The number of hydrogen-bond donors (Lipinski definition) is 1. The summed E-state index contributed by atoms with van der Waals surface area (Å²) in [5.41, 5.74) is 1.84. The largest absolute Gasteiger partial charge is 0.508 e. The predicted octanol–water partition coefficient (Wildman–Crippen LogP) is 3.29. The molecule has 2 rings (SSSR count). The van der Waals surface area contributed by atoms with Crippen LogP contribution in [0.15, 0.2) is 18.2 Å². The molecule has 4 heteroatoms. The van der Waals surface area contributed by atoms with Gasteiger partial charge in [0.15, 0.2) is 0 Å². The standard InChI is InChI=1S/C16H23NO3/c1-11-10-17(15(19)20-16(2,3)4)8-7-12-5-6-13(18)9-14(11)12/h5-6,9,11,18H,7-8,10H2,1-4H3.